The van der Waals surface area contributed by atoms with Crippen molar-refractivity contribution in [1.29, 1.82) is 0 Å². The maximum atomic E-state index is 12.6. The molecule has 3 N–H and O–H groups in total. The van der Waals surface area contributed by atoms with Gasteiger partial charge in [0.1, 0.15) is 0 Å². The Hall–Kier alpha value is -0.0700. The zero-order chi connectivity index (χ0) is 17.0. The van der Waals surface area contributed by atoms with Crippen LogP contribution in [-0.2, 0) is 9.53 Å². The maximum absolute atomic E-state index is 12.6. The van der Waals surface area contributed by atoms with Crippen LogP contribution in [0.25, 0.3) is 0 Å². The van der Waals surface area contributed by atoms with Gasteiger partial charge in [0.15, 0.2) is 0 Å². The maximum Gasteiger partial charge on any atom is 0.227 e. The first-order chi connectivity index (χ1) is 10.2. The third-order valence-electron chi connectivity index (χ3n) is 5.18. The van der Waals surface area contributed by atoms with E-state index in [9.17, 15) is 4.79 Å². The first-order valence-electron chi connectivity index (χ1n) is 8.59. The molecule has 2 atom stereocenters. The molecule has 1 rings (SSSR count). The third kappa shape index (κ3) is 6.34. The van der Waals surface area contributed by atoms with Gasteiger partial charge in [-0.3, -0.25) is 9.69 Å². The van der Waals surface area contributed by atoms with Gasteiger partial charge in [-0.1, -0.05) is 13.8 Å². The van der Waals surface area contributed by atoms with Crippen molar-refractivity contribution in [3.05, 3.63) is 0 Å². The van der Waals surface area contributed by atoms with Gasteiger partial charge in [-0.15, -0.1) is 24.8 Å². The van der Waals surface area contributed by atoms with Crippen LogP contribution < -0.4 is 11.1 Å². The summed E-state index contributed by atoms with van der Waals surface area (Å²) in [5.41, 5.74) is 5.34. The van der Waals surface area contributed by atoms with Crippen LogP contribution in [0.4, 0.5) is 0 Å². The molecule has 1 heterocycles. The number of carbonyl (C=O) groups excluding carboxylic acids is 1. The number of amides is 1. The molecule has 0 aromatic rings. The van der Waals surface area contributed by atoms with Gasteiger partial charge in [0.25, 0.3) is 0 Å². The molecular weight excluding hydrogens is 349 g/mol. The Kier molecular flexibility index (Phi) is 11.8. The van der Waals surface area contributed by atoms with E-state index in [1.807, 2.05) is 13.8 Å². The van der Waals surface area contributed by atoms with Crippen LogP contribution in [0.2, 0.25) is 0 Å². The van der Waals surface area contributed by atoms with E-state index in [1.54, 1.807) is 0 Å². The molecule has 0 aromatic carbocycles. The van der Waals surface area contributed by atoms with E-state index in [0.29, 0.717) is 13.1 Å². The smallest absolute Gasteiger partial charge is 0.227 e. The van der Waals surface area contributed by atoms with Gasteiger partial charge in [0.05, 0.1) is 17.6 Å². The average Bonchev–Trinajstić information content (AvgIpc) is 2.46. The number of hydrogen-bond donors (Lipinski definition) is 2. The van der Waals surface area contributed by atoms with Crippen molar-refractivity contribution in [1.82, 2.24) is 10.2 Å². The Morgan fingerprint density at radius 1 is 1.17 bits per heavy atom. The van der Waals surface area contributed by atoms with E-state index in [2.05, 4.69) is 37.9 Å². The second-order valence-electron chi connectivity index (χ2n) is 7.35. The van der Waals surface area contributed by atoms with Crippen LogP contribution >= 0.6 is 24.8 Å². The molecule has 0 bridgehead atoms. The summed E-state index contributed by atoms with van der Waals surface area (Å²) in [6, 6.07) is 0. The highest BCUT2D eigenvalue weighted by atomic mass is 35.5. The number of morpholine rings is 1. The third-order valence-corrected chi connectivity index (χ3v) is 5.18. The second kappa shape index (κ2) is 10.8. The van der Waals surface area contributed by atoms with E-state index in [4.69, 9.17) is 10.5 Å². The Morgan fingerprint density at radius 2 is 1.62 bits per heavy atom. The standard InChI is InChI=1S/C17H35N3O2.2ClH/c1-7-17(8-2,11-18)15(21)19-12-16(5,6)20-9-13(3)22-14(4)10-20;;/h13-14H,7-12,18H2,1-6H3,(H,19,21);2*1H. The normalized spacial score (nSPS) is 22.3. The quantitative estimate of drug-likeness (QED) is 0.706. The molecule has 0 spiro atoms. The van der Waals surface area contributed by atoms with Gasteiger partial charge >= 0.3 is 0 Å². The van der Waals surface area contributed by atoms with Crippen molar-refractivity contribution in [3.63, 3.8) is 0 Å². The number of carbonyl (C=O) groups is 1. The monoisotopic (exact) mass is 385 g/mol. The van der Waals surface area contributed by atoms with Crippen molar-refractivity contribution in [3.8, 4) is 0 Å². The second-order valence-corrected chi connectivity index (χ2v) is 7.35. The first-order valence-corrected chi connectivity index (χ1v) is 8.59. The molecule has 1 aliphatic heterocycles. The van der Waals surface area contributed by atoms with Gasteiger partial charge < -0.3 is 15.8 Å². The fourth-order valence-corrected chi connectivity index (χ4v) is 3.22. The summed E-state index contributed by atoms with van der Waals surface area (Å²) < 4.78 is 5.80. The lowest BCUT2D eigenvalue weighted by atomic mass is 9.81. The molecule has 7 heteroatoms. The van der Waals surface area contributed by atoms with E-state index in [0.717, 1.165) is 25.9 Å². The van der Waals surface area contributed by atoms with E-state index in [-0.39, 0.29) is 48.5 Å². The first kappa shape index (κ1) is 26.2. The molecule has 1 aliphatic rings. The molecule has 1 fully saturated rings. The summed E-state index contributed by atoms with van der Waals surface area (Å²) in [6.07, 6.45) is 2.01. The summed E-state index contributed by atoms with van der Waals surface area (Å²) in [5, 5.41) is 3.14. The molecule has 0 aromatic heterocycles. The Labute approximate surface area is 160 Å². The molecule has 24 heavy (non-hydrogen) atoms. The summed E-state index contributed by atoms with van der Waals surface area (Å²) in [7, 11) is 0. The Balaban J connectivity index is 0. The van der Waals surface area contributed by atoms with Crippen LogP contribution in [-0.4, -0.2) is 54.7 Å². The van der Waals surface area contributed by atoms with Gasteiger partial charge in [0.2, 0.25) is 5.91 Å². The van der Waals surface area contributed by atoms with Gasteiger partial charge in [0, 0.05) is 31.7 Å². The summed E-state index contributed by atoms with van der Waals surface area (Å²) in [4.78, 5) is 15.0. The minimum Gasteiger partial charge on any atom is -0.373 e. The molecule has 0 radical (unpaired) electrons. The lowest BCUT2D eigenvalue weighted by Crippen LogP contribution is -2.59. The fraction of sp³-hybridized carbons (Fsp3) is 0.941. The minimum atomic E-state index is -0.429. The summed E-state index contributed by atoms with van der Waals surface area (Å²) in [5.74, 6) is 0.0856. The molecule has 0 aliphatic carbocycles. The van der Waals surface area contributed by atoms with E-state index in [1.165, 1.54) is 0 Å². The van der Waals surface area contributed by atoms with Crippen LogP contribution in [0, 0.1) is 5.41 Å². The van der Waals surface area contributed by atoms with Crippen molar-refractivity contribution < 1.29 is 9.53 Å². The van der Waals surface area contributed by atoms with Crippen molar-refractivity contribution in [2.75, 3.05) is 26.2 Å². The number of rotatable bonds is 7. The van der Waals surface area contributed by atoms with Gasteiger partial charge in [-0.2, -0.15) is 0 Å². The van der Waals surface area contributed by atoms with Crippen LogP contribution in [0.1, 0.15) is 54.4 Å². The zero-order valence-corrected chi connectivity index (χ0v) is 17.7. The highest BCUT2D eigenvalue weighted by Crippen LogP contribution is 2.26. The molecule has 146 valence electrons. The number of nitrogens with zero attached hydrogens (tertiary/aromatic N) is 1. The van der Waals surface area contributed by atoms with Crippen LogP contribution in [0.5, 0.6) is 0 Å². The molecule has 5 nitrogen and oxygen atoms in total. The van der Waals surface area contributed by atoms with Crippen LogP contribution in [0.15, 0.2) is 0 Å². The highest BCUT2D eigenvalue weighted by Gasteiger charge is 2.37. The predicted molar refractivity (Wildman–Crippen MR) is 105 cm³/mol. The average molecular weight is 386 g/mol. The zero-order valence-electron chi connectivity index (χ0n) is 16.1. The molecule has 0 saturated carbocycles. The van der Waals surface area contributed by atoms with Crippen LogP contribution in [0.3, 0.4) is 0 Å². The van der Waals surface area contributed by atoms with Gasteiger partial charge in [-0.05, 0) is 40.5 Å². The lowest BCUT2D eigenvalue weighted by molar-refractivity contribution is -0.132. The van der Waals surface area contributed by atoms with Crippen molar-refractivity contribution in [2.24, 2.45) is 11.1 Å². The summed E-state index contributed by atoms with van der Waals surface area (Å²) in [6.45, 7) is 15.5. The number of hydrogen-bond acceptors (Lipinski definition) is 4. The van der Waals surface area contributed by atoms with Crippen molar-refractivity contribution in [2.45, 2.75) is 72.1 Å². The largest absolute Gasteiger partial charge is 0.373 e. The molecule has 2 unspecified atom stereocenters. The highest BCUT2D eigenvalue weighted by molar-refractivity contribution is 5.85. The van der Waals surface area contributed by atoms with E-state index >= 15 is 0 Å². The number of nitrogens with one attached hydrogen (secondary N) is 1. The molecule has 1 saturated heterocycles. The van der Waals surface area contributed by atoms with Gasteiger partial charge in [-0.25, -0.2) is 0 Å². The minimum absolute atomic E-state index is 0. The predicted octanol–water partition coefficient (Wildman–Crippen LogP) is 2.60. The van der Waals surface area contributed by atoms with Crippen molar-refractivity contribution >= 4 is 30.7 Å². The Bertz CT molecular complexity index is 359. The number of ether oxygens (including phenoxy) is 1. The molecule has 1 amide bonds. The molecular formula is C17H37Cl2N3O2. The SMILES string of the molecule is CCC(CC)(CN)C(=O)NCC(C)(C)N1CC(C)OC(C)C1.Cl.Cl. The summed E-state index contributed by atoms with van der Waals surface area (Å²) >= 11 is 0. The van der Waals surface area contributed by atoms with E-state index < -0.39 is 5.41 Å². The fourth-order valence-electron chi connectivity index (χ4n) is 3.22. The topological polar surface area (TPSA) is 67.6 Å². The Morgan fingerprint density at radius 3 is 2.00 bits per heavy atom. The lowest BCUT2D eigenvalue weighted by Gasteiger charge is -2.45. The number of nitrogens with two attached hydrogens (primary N) is 1. The number of halogens is 2.